The van der Waals surface area contributed by atoms with Crippen LogP contribution in [0.25, 0.3) is 0 Å². The highest BCUT2D eigenvalue weighted by Crippen LogP contribution is 2.23. The Bertz CT molecular complexity index is 553. The Morgan fingerprint density at radius 2 is 2.15 bits per heavy atom. The molecule has 1 aromatic rings. The summed E-state index contributed by atoms with van der Waals surface area (Å²) in [4.78, 5) is 13.9. The van der Waals surface area contributed by atoms with Crippen LogP contribution < -0.4 is 0 Å². The van der Waals surface area contributed by atoms with Crippen molar-refractivity contribution >= 4 is 6.09 Å². The summed E-state index contributed by atoms with van der Waals surface area (Å²) >= 11 is 0. The van der Waals surface area contributed by atoms with Crippen molar-refractivity contribution in [3.05, 3.63) is 34.9 Å². The molecule has 1 aliphatic heterocycles. The maximum Gasteiger partial charge on any atom is 0.410 e. The zero-order chi connectivity index (χ0) is 14.8. The normalized spacial score (nSPS) is 15.0. The lowest BCUT2D eigenvalue weighted by atomic mass is 9.99. The molecule has 0 bridgehead atoms. The van der Waals surface area contributed by atoms with E-state index in [2.05, 4.69) is 6.07 Å². The standard InChI is InChI=1S/C16H20N2O2/c1-16(2,3)20-15(19)18-9-5-8-14-12(10-17)6-4-7-13(14)11-18/h4,6-7H,5,8-9,11H2,1-3H3. The van der Waals surface area contributed by atoms with Crippen molar-refractivity contribution in [1.82, 2.24) is 4.90 Å². The van der Waals surface area contributed by atoms with Gasteiger partial charge in [0.2, 0.25) is 0 Å². The summed E-state index contributed by atoms with van der Waals surface area (Å²) in [6, 6.07) is 7.92. The predicted molar refractivity (Wildman–Crippen MR) is 76.1 cm³/mol. The number of amides is 1. The number of ether oxygens (including phenoxy) is 1. The summed E-state index contributed by atoms with van der Waals surface area (Å²) in [5, 5.41) is 9.16. The van der Waals surface area contributed by atoms with E-state index in [0.717, 1.165) is 24.0 Å². The topological polar surface area (TPSA) is 53.3 Å². The highest BCUT2D eigenvalue weighted by molar-refractivity contribution is 5.68. The van der Waals surface area contributed by atoms with Crippen LogP contribution in [-0.4, -0.2) is 23.1 Å². The van der Waals surface area contributed by atoms with Gasteiger partial charge < -0.3 is 9.64 Å². The molecule has 0 spiro atoms. The van der Waals surface area contributed by atoms with Gasteiger partial charge >= 0.3 is 6.09 Å². The molecule has 0 saturated carbocycles. The number of nitrogens with zero attached hydrogens (tertiary/aromatic N) is 2. The Morgan fingerprint density at radius 1 is 1.40 bits per heavy atom. The van der Waals surface area contributed by atoms with E-state index in [1.165, 1.54) is 0 Å². The van der Waals surface area contributed by atoms with Gasteiger partial charge in [0, 0.05) is 13.1 Å². The lowest BCUT2D eigenvalue weighted by Gasteiger charge is -2.26. The second-order valence-corrected chi connectivity index (χ2v) is 6.06. The Morgan fingerprint density at radius 3 is 2.80 bits per heavy atom. The van der Waals surface area contributed by atoms with Gasteiger partial charge in [0.1, 0.15) is 5.60 Å². The third kappa shape index (κ3) is 3.30. The van der Waals surface area contributed by atoms with E-state index >= 15 is 0 Å². The van der Waals surface area contributed by atoms with Gasteiger partial charge in [-0.1, -0.05) is 12.1 Å². The molecule has 1 amide bonds. The maximum atomic E-state index is 12.2. The van der Waals surface area contributed by atoms with Gasteiger partial charge in [0.15, 0.2) is 0 Å². The first kappa shape index (κ1) is 14.4. The van der Waals surface area contributed by atoms with Crippen molar-refractivity contribution < 1.29 is 9.53 Å². The van der Waals surface area contributed by atoms with Crippen molar-refractivity contribution in [2.45, 2.75) is 45.8 Å². The summed E-state index contributed by atoms with van der Waals surface area (Å²) < 4.78 is 5.43. The summed E-state index contributed by atoms with van der Waals surface area (Å²) in [6.45, 7) is 6.77. The third-order valence-electron chi connectivity index (χ3n) is 3.26. The molecule has 2 rings (SSSR count). The highest BCUT2D eigenvalue weighted by Gasteiger charge is 2.25. The molecule has 0 N–H and O–H groups in total. The van der Waals surface area contributed by atoms with E-state index in [0.29, 0.717) is 18.7 Å². The molecule has 0 unspecified atom stereocenters. The van der Waals surface area contributed by atoms with Crippen molar-refractivity contribution in [3.63, 3.8) is 0 Å². The van der Waals surface area contributed by atoms with Crippen LogP contribution in [0.1, 0.15) is 43.9 Å². The molecule has 1 aromatic carbocycles. The highest BCUT2D eigenvalue weighted by atomic mass is 16.6. The van der Waals surface area contributed by atoms with E-state index < -0.39 is 5.60 Å². The molecule has 20 heavy (non-hydrogen) atoms. The quantitative estimate of drug-likeness (QED) is 0.728. The van der Waals surface area contributed by atoms with E-state index in [1.54, 1.807) is 4.90 Å². The molecule has 0 radical (unpaired) electrons. The fourth-order valence-electron chi connectivity index (χ4n) is 2.40. The van der Waals surface area contributed by atoms with E-state index in [4.69, 9.17) is 10.00 Å². The van der Waals surface area contributed by atoms with Crippen LogP contribution in [0.2, 0.25) is 0 Å². The van der Waals surface area contributed by atoms with Crippen LogP contribution >= 0.6 is 0 Å². The molecule has 4 heteroatoms. The number of nitriles is 1. The minimum absolute atomic E-state index is 0.285. The first-order valence-electron chi connectivity index (χ1n) is 6.89. The Labute approximate surface area is 120 Å². The first-order chi connectivity index (χ1) is 9.40. The van der Waals surface area contributed by atoms with Crippen LogP contribution in [0.4, 0.5) is 4.79 Å². The SMILES string of the molecule is CC(C)(C)OC(=O)N1CCCc2c(C#N)cccc2C1. The Kier molecular flexibility index (Phi) is 3.99. The summed E-state index contributed by atoms with van der Waals surface area (Å²) in [6.07, 6.45) is 1.40. The van der Waals surface area contributed by atoms with Gasteiger partial charge in [-0.15, -0.1) is 0 Å². The maximum absolute atomic E-state index is 12.2. The number of rotatable bonds is 0. The molecular formula is C16H20N2O2. The largest absolute Gasteiger partial charge is 0.444 e. The van der Waals surface area contributed by atoms with Crippen molar-refractivity contribution in [2.75, 3.05) is 6.54 Å². The first-order valence-corrected chi connectivity index (χ1v) is 6.89. The van der Waals surface area contributed by atoms with Crippen LogP contribution in [0.3, 0.4) is 0 Å². The van der Waals surface area contributed by atoms with E-state index in [9.17, 15) is 4.79 Å². The number of hydrogen-bond acceptors (Lipinski definition) is 3. The zero-order valence-electron chi connectivity index (χ0n) is 12.3. The van der Waals surface area contributed by atoms with Gasteiger partial charge in [-0.3, -0.25) is 0 Å². The lowest BCUT2D eigenvalue weighted by molar-refractivity contribution is 0.0237. The fraction of sp³-hybridized carbons (Fsp3) is 0.500. The molecule has 4 nitrogen and oxygen atoms in total. The number of carbonyl (C=O) groups excluding carboxylic acids is 1. The molecule has 1 aliphatic rings. The number of benzene rings is 1. The monoisotopic (exact) mass is 272 g/mol. The number of carbonyl (C=O) groups is 1. The summed E-state index contributed by atoms with van der Waals surface area (Å²) in [7, 11) is 0. The minimum Gasteiger partial charge on any atom is -0.444 e. The molecule has 0 saturated heterocycles. The van der Waals surface area contributed by atoms with Gasteiger partial charge in [0.25, 0.3) is 0 Å². The average Bonchev–Trinajstić information content (AvgIpc) is 2.58. The van der Waals surface area contributed by atoms with E-state index in [-0.39, 0.29) is 6.09 Å². The summed E-state index contributed by atoms with van der Waals surface area (Å²) in [5.74, 6) is 0. The van der Waals surface area contributed by atoms with Gasteiger partial charge in [-0.2, -0.15) is 5.26 Å². The lowest BCUT2D eigenvalue weighted by Crippen LogP contribution is -2.36. The number of fused-ring (bicyclic) bond motifs is 1. The predicted octanol–water partition coefficient (Wildman–Crippen LogP) is 3.24. The molecule has 0 fully saturated rings. The summed E-state index contributed by atoms with van der Waals surface area (Å²) in [5.41, 5.74) is 2.35. The van der Waals surface area contributed by atoms with Gasteiger partial charge in [-0.05, 0) is 50.8 Å². The second kappa shape index (κ2) is 5.54. The molecular weight excluding hydrogens is 252 g/mol. The molecule has 0 aliphatic carbocycles. The van der Waals surface area contributed by atoms with Gasteiger partial charge in [-0.25, -0.2) is 4.79 Å². The Hall–Kier alpha value is -2.02. The number of hydrogen-bond donors (Lipinski definition) is 0. The van der Waals surface area contributed by atoms with E-state index in [1.807, 2.05) is 39.0 Å². The van der Waals surface area contributed by atoms with Crippen molar-refractivity contribution in [3.8, 4) is 6.07 Å². The van der Waals surface area contributed by atoms with Crippen molar-refractivity contribution in [2.24, 2.45) is 0 Å². The third-order valence-corrected chi connectivity index (χ3v) is 3.26. The zero-order valence-corrected chi connectivity index (χ0v) is 12.3. The van der Waals surface area contributed by atoms with Gasteiger partial charge in [0.05, 0.1) is 11.6 Å². The average molecular weight is 272 g/mol. The molecule has 106 valence electrons. The molecule has 1 heterocycles. The molecule has 0 atom stereocenters. The second-order valence-electron chi connectivity index (χ2n) is 6.06. The van der Waals surface area contributed by atoms with Crippen molar-refractivity contribution in [1.29, 1.82) is 5.26 Å². The molecule has 0 aromatic heterocycles. The minimum atomic E-state index is -0.485. The van der Waals surface area contributed by atoms with Crippen LogP contribution in [-0.2, 0) is 17.7 Å². The van der Waals surface area contributed by atoms with Crippen LogP contribution in [0.5, 0.6) is 0 Å². The fourth-order valence-corrected chi connectivity index (χ4v) is 2.40. The smallest absolute Gasteiger partial charge is 0.410 e. The Balaban J connectivity index is 2.21. The van der Waals surface area contributed by atoms with Crippen LogP contribution in [0, 0.1) is 11.3 Å². The van der Waals surface area contributed by atoms with Crippen LogP contribution in [0.15, 0.2) is 18.2 Å².